The van der Waals surface area contributed by atoms with Gasteiger partial charge in [0, 0.05) is 19.3 Å². The van der Waals surface area contributed by atoms with Gasteiger partial charge in [-0.15, -0.1) is 0 Å². The highest BCUT2D eigenvalue weighted by molar-refractivity contribution is 5.70. The van der Waals surface area contributed by atoms with E-state index in [-0.39, 0.29) is 49.1 Å². The summed E-state index contributed by atoms with van der Waals surface area (Å²) in [6, 6.07) is -0.729. The summed E-state index contributed by atoms with van der Waals surface area (Å²) in [6.07, 6.45) is 38.8. The van der Waals surface area contributed by atoms with Crippen LogP contribution in [0.3, 0.4) is 0 Å². The number of unbranched alkanes of at least 4 members (excludes halogenated alkanes) is 18. The molecule has 0 aromatic rings. The Balaban J connectivity index is 4.36. The second kappa shape index (κ2) is 35.6. The molecular formula is C44H79NO7. The molecule has 0 N–H and O–H groups in total. The van der Waals surface area contributed by atoms with Crippen molar-refractivity contribution in [2.45, 2.75) is 187 Å². The molecule has 0 saturated heterocycles. The van der Waals surface area contributed by atoms with Crippen molar-refractivity contribution >= 4 is 17.9 Å². The number of nitrogens with zero attached hydrogens (tertiary/aromatic N) is 1. The van der Waals surface area contributed by atoms with E-state index in [9.17, 15) is 19.5 Å². The molecule has 0 aromatic carbocycles. The van der Waals surface area contributed by atoms with E-state index in [4.69, 9.17) is 14.2 Å². The van der Waals surface area contributed by atoms with Gasteiger partial charge in [0.05, 0.1) is 40.3 Å². The third kappa shape index (κ3) is 33.4. The van der Waals surface area contributed by atoms with Crippen LogP contribution in [0.15, 0.2) is 36.5 Å². The van der Waals surface area contributed by atoms with Gasteiger partial charge < -0.3 is 28.6 Å². The number of ether oxygens (including phenoxy) is 3. The maximum atomic E-state index is 12.6. The van der Waals surface area contributed by atoms with Crippen LogP contribution in [0.5, 0.6) is 0 Å². The minimum atomic E-state index is -1.13. The summed E-state index contributed by atoms with van der Waals surface area (Å²) in [6.45, 7) is 4.56. The number of carbonyl (C=O) groups is 3. The Bertz CT molecular complexity index is 953. The third-order valence-electron chi connectivity index (χ3n) is 9.28. The van der Waals surface area contributed by atoms with Gasteiger partial charge in [-0.2, -0.15) is 0 Å². The number of rotatable bonds is 37. The molecule has 0 saturated carbocycles. The second-order valence-electron chi connectivity index (χ2n) is 15.2. The van der Waals surface area contributed by atoms with Crippen molar-refractivity contribution in [1.82, 2.24) is 0 Å². The third-order valence-corrected chi connectivity index (χ3v) is 9.28. The Labute approximate surface area is 319 Å². The SMILES string of the molecule is CCCC/C=C/C=C/CCCCCC(=O)OC(COCCC(C(=O)[O-])[N+](C)(C)C)COC(=O)CCCCCCCCC/C=C/CCCCCCCC. The lowest BCUT2D eigenvalue weighted by Crippen LogP contribution is -2.55. The lowest BCUT2D eigenvalue weighted by atomic mass is 10.1. The van der Waals surface area contributed by atoms with E-state index in [0.717, 1.165) is 51.4 Å². The summed E-state index contributed by atoms with van der Waals surface area (Å²) < 4.78 is 17.1. The van der Waals surface area contributed by atoms with Crippen LogP contribution in [0.4, 0.5) is 0 Å². The van der Waals surface area contributed by atoms with Gasteiger partial charge in [0.15, 0.2) is 6.10 Å². The van der Waals surface area contributed by atoms with Crippen LogP contribution in [0.25, 0.3) is 0 Å². The molecule has 52 heavy (non-hydrogen) atoms. The number of carboxylic acid groups (broad SMARTS) is 1. The van der Waals surface area contributed by atoms with E-state index < -0.39 is 18.1 Å². The van der Waals surface area contributed by atoms with Gasteiger partial charge in [0.25, 0.3) is 0 Å². The number of likely N-dealkylation sites (N-methyl/N-ethyl adjacent to an activating group) is 1. The maximum Gasteiger partial charge on any atom is 0.306 e. The number of carbonyl (C=O) groups excluding carboxylic acids is 3. The largest absolute Gasteiger partial charge is 0.544 e. The average molecular weight is 734 g/mol. The van der Waals surface area contributed by atoms with Crippen LogP contribution >= 0.6 is 0 Å². The monoisotopic (exact) mass is 734 g/mol. The molecule has 0 aliphatic carbocycles. The highest BCUT2D eigenvalue weighted by atomic mass is 16.6. The zero-order chi connectivity index (χ0) is 38.5. The van der Waals surface area contributed by atoms with Crippen LogP contribution < -0.4 is 5.11 Å². The summed E-state index contributed by atoms with van der Waals surface area (Å²) in [5.74, 6) is -1.78. The van der Waals surface area contributed by atoms with E-state index in [1.165, 1.54) is 89.9 Å². The normalized spacial score (nSPS) is 13.3. The molecular weight excluding hydrogens is 654 g/mol. The molecule has 2 unspecified atom stereocenters. The molecule has 302 valence electrons. The van der Waals surface area contributed by atoms with Gasteiger partial charge in [-0.25, -0.2) is 0 Å². The zero-order valence-electron chi connectivity index (χ0n) is 34.2. The molecule has 0 bridgehead atoms. The Morgan fingerprint density at radius 2 is 1.04 bits per heavy atom. The van der Waals surface area contributed by atoms with Gasteiger partial charge in [-0.3, -0.25) is 9.59 Å². The number of quaternary nitrogens is 1. The van der Waals surface area contributed by atoms with Crippen LogP contribution in [-0.4, -0.2) is 75.5 Å². The molecule has 0 spiro atoms. The molecule has 0 rings (SSSR count). The summed E-state index contributed by atoms with van der Waals surface area (Å²) in [5, 5.41) is 11.6. The smallest absolute Gasteiger partial charge is 0.306 e. The molecule has 8 nitrogen and oxygen atoms in total. The van der Waals surface area contributed by atoms with Gasteiger partial charge in [-0.1, -0.05) is 134 Å². The first-order valence-electron chi connectivity index (χ1n) is 21.0. The fourth-order valence-electron chi connectivity index (χ4n) is 5.92. The van der Waals surface area contributed by atoms with E-state index in [1.54, 1.807) is 21.1 Å². The summed E-state index contributed by atoms with van der Waals surface area (Å²) in [4.78, 5) is 36.7. The van der Waals surface area contributed by atoms with Gasteiger partial charge >= 0.3 is 11.9 Å². The fourth-order valence-corrected chi connectivity index (χ4v) is 5.92. The fraction of sp³-hybridized carbons (Fsp3) is 0.795. The molecule has 0 radical (unpaired) electrons. The molecule has 0 heterocycles. The molecule has 0 aliphatic heterocycles. The Kier molecular flexibility index (Phi) is 33.9. The van der Waals surface area contributed by atoms with Crippen molar-refractivity contribution in [2.24, 2.45) is 0 Å². The van der Waals surface area contributed by atoms with Crippen molar-refractivity contribution in [2.75, 3.05) is 41.0 Å². The quantitative estimate of drug-likeness (QED) is 0.0206. The topological polar surface area (TPSA) is 102 Å². The molecule has 0 aromatic heterocycles. The van der Waals surface area contributed by atoms with Crippen molar-refractivity contribution in [3.8, 4) is 0 Å². The van der Waals surface area contributed by atoms with Crippen LogP contribution in [0.1, 0.15) is 174 Å². The summed E-state index contributed by atoms with van der Waals surface area (Å²) in [5.41, 5.74) is 0. The minimum absolute atomic E-state index is 0.0292. The Morgan fingerprint density at radius 3 is 1.58 bits per heavy atom. The van der Waals surface area contributed by atoms with E-state index in [0.29, 0.717) is 6.42 Å². The Hall–Kier alpha value is -2.45. The minimum Gasteiger partial charge on any atom is -0.544 e. The maximum absolute atomic E-state index is 12.6. The van der Waals surface area contributed by atoms with Crippen molar-refractivity contribution in [3.63, 3.8) is 0 Å². The highest BCUT2D eigenvalue weighted by Gasteiger charge is 2.25. The predicted molar refractivity (Wildman–Crippen MR) is 213 cm³/mol. The van der Waals surface area contributed by atoms with Crippen molar-refractivity contribution < 1.29 is 38.2 Å². The van der Waals surface area contributed by atoms with Gasteiger partial charge in [0.2, 0.25) is 0 Å². The highest BCUT2D eigenvalue weighted by Crippen LogP contribution is 2.13. The predicted octanol–water partition coefficient (Wildman–Crippen LogP) is 9.74. The lowest BCUT2D eigenvalue weighted by Gasteiger charge is -2.34. The first-order valence-corrected chi connectivity index (χ1v) is 21.0. The standard InChI is InChI=1S/C44H79NO7/c1-6-8-10-12-14-16-18-19-20-21-22-23-25-26-28-30-32-34-42(46)51-39-40(38-50-37-36-41(44(48)49)45(3,4)5)52-43(47)35-33-31-29-27-24-17-15-13-11-9-7-2/h13,15,17,19-20,24,40-41H,6-12,14,16,18,21-23,25-39H2,1-5H3/b15-13+,20-19+,24-17+. The van der Waals surface area contributed by atoms with Gasteiger partial charge in [-0.05, 0) is 57.8 Å². The molecule has 0 fully saturated rings. The van der Waals surface area contributed by atoms with Gasteiger partial charge in [0.1, 0.15) is 12.6 Å². The van der Waals surface area contributed by atoms with Crippen molar-refractivity contribution in [1.29, 1.82) is 0 Å². The molecule has 0 amide bonds. The van der Waals surface area contributed by atoms with Crippen LogP contribution in [0, 0.1) is 0 Å². The first kappa shape index (κ1) is 49.6. The number of esters is 2. The van der Waals surface area contributed by atoms with Crippen molar-refractivity contribution in [3.05, 3.63) is 36.5 Å². The van der Waals surface area contributed by atoms with E-state index >= 15 is 0 Å². The number of aliphatic carboxylic acids is 1. The number of allylic oxidation sites excluding steroid dienone is 6. The van der Waals surface area contributed by atoms with Crippen LogP contribution in [0.2, 0.25) is 0 Å². The first-order chi connectivity index (χ1) is 25.1. The van der Waals surface area contributed by atoms with E-state index in [1.807, 2.05) is 0 Å². The second-order valence-corrected chi connectivity index (χ2v) is 15.2. The number of hydrogen-bond donors (Lipinski definition) is 0. The molecule has 8 heteroatoms. The average Bonchev–Trinajstić information content (AvgIpc) is 3.09. The zero-order valence-corrected chi connectivity index (χ0v) is 34.2. The Morgan fingerprint density at radius 1 is 0.577 bits per heavy atom. The molecule has 2 atom stereocenters. The lowest BCUT2D eigenvalue weighted by molar-refractivity contribution is -0.889. The van der Waals surface area contributed by atoms with Crippen LogP contribution in [-0.2, 0) is 28.6 Å². The number of hydrogen-bond acceptors (Lipinski definition) is 7. The number of carboxylic acids is 1. The summed E-state index contributed by atoms with van der Waals surface area (Å²) in [7, 11) is 5.39. The molecule has 0 aliphatic rings. The van der Waals surface area contributed by atoms with E-state index in [2.05, 4.69) is 50.3 Å². The summed E-state index contributed by atoms with van der Waals surface area (Å²) >= 11 is 0.